The van der Waals surface area contributed by atoms with Crippen molar-refractivity contribution in [2.24, 2.45) is 0 Å². The molecular weight excluding hydrogens is 308 g/mol. The van der Waals surface area contributed by atoms with Crippen molar-refractivity contribution in [3.05, 3.63) is 47.9 Å². The van der Waals surface area contributed by atoms with Gasteiger partial charge >= 0.3 is 6.03 Å². The fourth-order valence-corrected chi connectivity index (χ4v) is 2.86. The second-order valence-corrected chi connectivity index (χ2v) is 6.22. The van der Waals surface area contributed by atoms with Crippen LogP contribution < -0.4 is 14.8 Å². The number of benzene rings is 1. The van der Waals surface area contributed by atoms with Crippen LogP contribution in [0.3, 0.4) is 0 Å². The first kappa shape index (κ1) is 14.9. The maximum atomic E-state index is 12.7. The minimum Gasteiger partial charge on any atom is -0.467 e. The van der Waals surface area contributed by atoms with E-state index >= 15 is 0 Å². The van der Waals surface area contributed by atoms with Crippen molar-refractivity contribution >= 4 is 6.03 Å². The maximum Gasteiger partial charge on any atom is 0.318 e. The number of nitrogens with zero attached hydrogens (tertiary/aromatic N) is 1. The largest absolute Gasteiger partial charge is 0.467 e. The second-order valence-electron chi connectivity index (χ2n) is 6.22. The van der Waals surface area contributed by atoms with Gasteiger partial charge in [-0.15, -0.1) is 0 Å². The van der Waals surface area contributed by atoms with Gasteiger partial charge in [0.15, 0.2) is 11.5 Å². The molecule has 0 spiro atoms. The summed E-state index contributed by atoms with van der Waals surface area (Å²) in [5.41, 5.74) is 0.987. The van der Waals surface area contributed by atoms with Gasteiger partial charge in [0, 0.05) is 6.04 Å². The molecule has 0 saturated heterocycles. The molecule has 126 valence electrons. The van der Waals surface area contributed by atoms with Crippen LogP contribution in [0.4, 0.5) is 4.79 Å². The SMILES string of the molecule is C[C@@H](NC(=O)N(Cc1ccco1)C1CC1)c1ccc2c(c1)OCO2. The van der Waals surface area contributed by atoms with E-state index in [1.807, 2.05) is 42.2 Å². The maximum absolute atomic E-state index is 12.7. The molecule has 2 heterocycles. The molecule has 4 rings (SSSR count). The second kappa shape index (κ2) is 6.11. The van der Waals surface area contributed by atoms with E-state index in [4.69, 9.17) is 13.9 Å². The smallest absolute Gasteiger partial charge is 0.318 e. The lowest BCUT2D eigenvalue weighted by Crippen LogP contribution is -2.41. The molecule has 0 bridgehead atoms. The van der Waals surface area contributed by atoms with Crippen molar-refractivity contribution in [2.45, 2.75) is 38.4 Å². The summed E-state index contributed by atoms with van der Waals surface area (Å²) in [7, 11) is 0. The van der Waals surface area contributed by atoms with Gasteiger partial charge in [-0.2, -0.15) is 0 Å². The molecule has 1 aliphatic heterocycles. The number of carbonyl (C=O) groups is 1. The van der Waals surface area contributed by atoms with Crippen LogP contribution in [-0.2, 0) is 6.54 Å². The summed E-state index contributed by atoms with van der Waals surface area (Å²) < 4.78 is 16.1. The van der Waals surface area contributed by atoms with E-state index in [2.05, 4.69) is 5.32 Å². The number of rotatable bonds is 5. The predicted molar refractivity (Wildman–Crippen MR) is 86.8 cm³/mol. The molecule has 1 saturated carbocycles. The molecule has 1 aromatic heterocycles. The Bertz CT molecular complexity index is 725. The first-order chi connectivity index (χ1) is 11.7. The molecule has 0 unspecified atom stereocenters. The molecule has 0 radical (unpaired) electrons. The number of furan rings is 1. The third-order valence-electron chi connectivity index (χ3n) is 4.39. The molecule has 1 aliphatic carbocycles. The van der Waals surface area contributed by atoms with Gasteiger partial charge in [0.05, 0.1) is 18.8 Å². The molecule has 2 amide bonds. The van der Waals surface area contributed by atoms with E-state index in [9.17, 15) is 4.79 Å². The van der Waals surface area contributed by atoms with Crippen LogP contribution in [0.25, 0.3) is 0 Å². The Hall–Kier alpha value is -2.63. The topological polar surface area (TPSA) is 63.9 Å². The van der Waals surface area contributed by atoms with Gasteiger partial charge in [-0.25, -0.2) is 4.79 Å². The van der Waals surface area contributed by atoms with Crippen LogP contribution in [0.1, 0.15) is 37.1 Å². The first-order valence-corrected chi connectivity index (χ1v) is 8.20. The van der Waals surface area contributed by atoms with Crippen LogP contribution in [-0.4, -0.2) is 23.8 Å². The molecule has 2 aliphatic rings. The quantitative estimate of drug-likeness (QED) is 0.913. The van der Waals surface area contributed by atoms with Crippen LogP contribution in [0.5, 0.6) is 11.5 Å². The van der Waals surface area contributed by atoms with Gasteiger partial charge in [0.1, 0.15) is 5.76 Å². The molecule has 1 fully saturated rings. The van der Waals surface area contributed by atoms with Gasteiger partial charge < -0.3 is 24.1 Å². The van der Waals surface area contributed by atoms with Crippen molar-refractivity contribution < 1.29 is 18.7 Å². The summed E-state index contributed by atoms with van der Waals surface area (Å²) in [5, 5.41) is 3.07. The van der Waals surface area contributed by atoms with E-state index in [0.29, 0.717) is 12.6 Å². The van der Waals surface area contributed by atoms with Crippen LogP contribution in [0, 0.1) is 0 Å². The standard InChI is InChI=1S/C18H20N2O4/c1-12(13-4-7-16-17(9-13)24-11-23-16)19-18(21)20(14-5-6-14)10-15-3-2-8-22-15/h2-4,7-9,12,14H,5-6,10-11H2,1H3,(H,19,21)/t12-/m1/s1. The zero-order valence-electron chi connectivity index (χ0n) is 13.5. The number of nitrogens with one attached hydrogen (secondary N) is 1. The summed E-state index contributed by atoms with van der Waals surface area (Å²) in [6.45, 7) is 2.71. The minimum absolute atomic E-state index is 0.0703. The predicted octanol–water partition coefficient (Wildman–Crippen LogP) is 3.44. The molecular formula is C18H20N2O4. The Morgan fingerprint density at radius 3 is 2.88 bits per heavy atom. The Balaban J connectivity index is 1.43. The van der Waals surface area contributed by atoms with Crippen molar-refractivity contribution in [1.82, 2.24) is 10.2 Å². The molecule has 1 N–H and O–H groups in total. The highest BCUT2D eigenvalue weighted by Crippen LogP contribution is 2.34. The lowest BCUT2D eigenvalue weighted by molar-refractivity contribution is 0.173. The van der Waals surface area contributed by atoms with Crippen molar-refractivity contribution in [1.29, 1.82) is 0 Å². The molecule has 6 nitrogen and oxygen atoms in total. The van der Waals surface area contributed by atoms with E-state index < -0.39 is 0 Å². The number of ether oxygens (including phenoxy) is 2. The lowest BCUT2D eigenvalue weighted by Gasteiger charge is -2.24. The number of hydrogen-bond donors (Lipinski definition) is 1. The zero-order valence-corrected chi connectivity index (χ0v) is 13.5. The van der Waals surface area contributed by atoms with Gasteiger partial charge in [0.25, 0.3) is 0 Å². The average molecular weight is 328 g/mol. The van der Waals surface area contributed by atoms with Gasteiger partial charge in [-0.1, -0.05) is 6.07 Å². The number of urea groups is 1. The Morgan fingerprint density at radius 1 is 1.29 bits per heavy atom. The highest BCUT2D eigenvalue weighted by molar-refractivity contribution is 5.75. The van der Waals surface area contributed by atoms with Gasteiger partial charge in [0.2, 0.25) is 6.79 Å². The molecule has 1 aromatic carbocycles. The lowest BCUT2D eigenvalue weighted by atomic mass is 10.1. The highest BCUT2D eigenvalue weighted by Gasteiger charge is 2.33. The van der Waals surface area contributed by atoms with E-state index in [-0.39, 0.29) is 18.9 Å². The zero-order chi connectivity index (χ0) is 16.5. The summed E-state index contributed by atoms with van der Waals surface area (Å²) in [6, 6.07) is 9.59. The van der Waals surface area contributed by atoms with Crippen molar-refractivity contribution in [3.8, 4) is 11.5 Å². The van der Waals surface area contributed by atoms with E-state index in [0.717, 1.165) is 35.7 Å². The molecule has 1 atom stereocenters. The van der Waals surface area contributed by atoms with Gasteiger partial charge in [-0.05, 0) is 49.6 Å². The van der Waals surface area contributed by atoms with Crippen molar-refractivity contribution in [3.63, 3.8) is 0 Å². The number of fused-ring (bicyclic) bond motifs is 1. The highest BCUT2D eigenvalue weighted by atomic mass is 16.7. The Kier molecular flexibility index (Phi) is 3.80. The van der Waals surface area contributed by atoms with Crippen LogP contribution >= 0.6 is 0 Å². The summed E-state index contributed by atoms with van der Waals surface area (Å²) >= 11 is 0. The molecule has 24 heavy (non-hydrogen) atoms. The average Bonchev–Trinajstić information content (AvgIpc) is 3.10. The fraction of sp³-hybridized carbons (Fsp3) is 0.389. The van der Waals surface area contributed by atoms with Crippen LogP contribution in [0.2, 0.25) is 0 Å². The number of carbonyl (C=O) groups excluding carboxylic acids is 1. The third-order valence-corrected chi connectivity index (χ3v) is 4.39. The summed E-state index contributed by atoms with van der Waals surface area (Å²) in [4.78, 5) is 14.5. The number of hydrogen-bond acceptors (Lipinski definition) is 4. The molecule has 6 heteroatoms. The first-order valence-electron chi connectivity index (χ1n) is 8.20. The van der Waals surface area contributed by atoms with Crippen molar-refractivity contribution in [2.75, 3.05) is 6.79 Å². The summed E-state index contributed by atoms with van der Waals surface area (Å²) in [6.07, 6.45) is 3.73. The van der Waals surface area contributed by atoms with Gasteiger partial charge in [-0.3, -0.25) is 0 Å². The van der Waals surface area contributed by atoms with E-state index in [1.54, 1.807) is 6.26 Å². The fourth-order valence-electron chi connectivity index (χ4n) is 2.86. The van der Waals surface area contributed by atoms with Crippen LogP contribution in [0.15, 0.2) is 41.0 Å². The van der Waals surface area contributed by atoms with E-state index in [1.165, 1.54) is 0 Å². The Morgan fingerprint density at radius 2 is 2.12 bits per heavy atom. The molecule has 2 aromatic rings. The number of amides is 2. The normalized spacial score (nSPS) is 16.7. The summed E-state index contributed by atoms with van der Waals surface area (Å²) in [5.74, 6) is 2.27. The monoisotopic (exact) mass is 328 g/mol. The Labute approximate surface area is 140 Å². The minimum atomic E-state index is -0.121. The third kappa shape index (κ3) is 3.04.